The van der Waals surface area contributed by atoms with Crippen LogP contribution in [0.15, 0.2) is 23.1 Å². The molecule has 0 aliphatic carbocycles. The molecule has 96 valence electrons. The number of hydrogen-bond acceptors (Lipinski definition) is 4. The average molecular weight is 263 g/mol. The zero-order valence-electron chi connectivity index (χ0n) is 10.3. The fourth-order valence-corrected chi connectivity index (χ4v) is 3.00. The number of fused-ring (bicyclic) bond motifs is 1. The number of anilines is 2. The highest BCUT2D eigenvalue weighted by atomic mass is 32.2. The number of hydrogen-bond donors (Lipinski definition) is 3. The molecule has 1 atom stereocenters. The molecule has 18 heavy (non-hydrogen) atoms. The highest BCUT2D eigenvalue weighted by molar-refractivity contribution is 8.00. The zero-order valence-corrected chi connectivity index (χ0v) is 11.1. The third-order valence-corrected chi connectivity index (χ3v) is 4.55. The fourth-order valence-electron chi connectivity index (χ4n) is 2.07. The molecule has 1 aromatic carbocycles. The lowest BCUT2D eigenvalue weighted by atomic mass is 10.0. The highest BCUT2D eigenvalue weighted by Gasteiger charge is 2.23. The third-order valence-electron chi connectivity index (χ3n) is 3.37. The zero-order chi connectivity index (χ0) is 12.5. The van der Waals surface area contributed by atoms with E-state index in [4.69, 9.17) is 0 Å². The third kappa shape index (κ3) is 2.33. The molecule has 0 aromatic heterocycles. The predicted octanol–water partition coefficient (Wildman–Crippen LogP) is 1.75. The van der Waals surface area contributed by atoms with Crippen molar-refractivity contribution in [2.45, 2.75) is 17.1 Å². The first-order chi connectivity index (χ1) is 8.72. The number of benzene rings is 1. The van der Waals surface area contributed by atoms with Crippen LogP contribution in [0, 0.1) is 5.92 Å². The van der Waals surface area contributed by atoms with Crippen molar-refractivity contribution in [2.24, 2.45) is 5.92 Å². The molecule has 0 spiro atoms. The van der Waals surface area contributed by atoms with Gasteiger partial charge in [-0.15, -0.1) is 11.8 Å². The number of rotatable bonds is 3. The largest absolute Gasteiger partial charge is 0.385 e. The Morgan fingerprint density at radius 2 is 2.28 bits per heavy atom. The Bertz CT molecular complexity index is 473. The van der Waals surface area contributed by atoms with E-state index in [-0.39, 0.29) is 11.2 Å². The molecule has 0 bridgehead atoms. The molecule has 0 saturated carbocycles. The van der Waals surface area contributed by atoms with Crippen LogP contribution in [0.25, 0.3) is 0 Å². The van der Waals surface area contributed by atoms with E-state index in [1.165, 1.54) is 0 Å². The summed E-state index contributed by atoms with van der Waals surface area (Å²) in [5.74, 6) is 0.817. The molecule has 1 saturated heterocycles. The Morgan fingerprint density at radius 3 is 3.00 bits per heavy atom. The molecule has 1 aromatic rings. The topological polar surface area (TPSA) is 53.2 Å². The first-order valence-corrected chi connectivity index (χ1v) is 7.16. The second kappa shape index (κ2) is 4.82. The lowest BCUT2D eigenvalue weighted by molar-refractivity contribution is -0.115. The molecule has 0 radical (unpaired) electrons. The molecule has 2 heterocycles. The first kappa shape index (κ1) is 11.9. The smallest absolute Gasteiger partial charge is 0.237 e. The van der Waals surface area contributed by atoms with Crippen LogP contribution in [0.3, 0.4) is 0 Å². The average Bonchev–Trinajstić information content (AvgIpc) is 2.29. The number of nitrogens with one attached hydrogen (secondary N) is 3. The minimum Gasteiger partial charge on any atom is -0.385 e. The van der Waals surface area contributed by atoms with Crippen molar-refractivity contribution in [3.63, 3.8) is 0 Å². The molecule has 1 unspecified atom stereocenters. The van der Waals surface area contributed by atoms with E-state index in [1.807, 2.05) is 13.0 Å². The molecule has 1 fully saturated rings. The Kier molecular flexibility index (Phi) is 3.18. The van der Waals surface area contributed by atoms with Gasteiger partial charge in [0.15, 0.2) is 0 Å². The van der Waals surface area contributed by atoms with Gasteiger partial charge in [0, 0.05) is 36.1 Å². The van der Waals surface area contributed by atoms with Crippen molar-refractivity contribution >= 4 is 29.0 Å². The number of amides is 1. The molecule has 3 rings (SSSR count). The van der Waals surface area contributed by atoms with Gasteiger partial charge < -0.3 is 16.0 Å². The van der Waals surface area contributed by atoms with Crippen molar-refractivity contribution in [1.82, 2.24) is 5.32 Å². The maximum atomic E-state index is 11.6. The molecule has 2 aliphatic heterocycles. The summed E-state index contributed by atoms with van der Waals surface area (Å²) in [6, 6.07) is 6.19. The summed E-state index contributed by atoms with van der Waals surface area (Å²) in [4.78, 5) is 12.8. The lowest BCUT2D eigenvalue weighted by Gasteiger charge is -2.28. The van der Waals surface area contributed by atoms with Gasteiger partial charge in [0.25, 0.3) is 0 Å². The van der Waals surface area contributed by atoms with Gasteiger partial charge in [-0.25, -0.2) is 0 Å². The van der Waals surface area contributed by atoms with E-state index in [2.05, 4.69) is 28.1 Å². The summed E-state index contributed by atoms with van der Waals surface area (Å²) >= 11 is 1.62. The SMILES string of the molecule is CC1Sc2ccc(NCC3CNC3)cc2NC1=O. The standard InChI is InChI=1S/C13H17N3OS/c1-8-13(17)16-11-4-10(2-3-12(11)18-8)15-7-9-5-14-6-9/h2-4,8-9,14-15H,5-7H2,1H3,(H,16,17). The van der Waals surface area contributed by atoms with Crippen LogP contribution in [0.4, 0.5) is 11.4 Å². The predicted molar refractivity (Wildman–Crippen MR) is 75.2 cm³/mol. The van der Waals surface area contributed by atoms with Crippen molar-refractivity contribution in [1.29, 1.82) is 0 Å². The van der Waals surface area contributed by atoms with E-state index in [0.29, 0.717) is 0 Å². The van der Waals surface area contributed by atoms with Crippen LogP contribution in [-0.2, 0) is 4.79 Å². The van der Waals surface area contributed by atoms with Gasteiger partial charge in [0.2, 0.25) is 5.91 Å². The molecule has 2 aliphatic rings. The summed E-state index contributed by atoms with van der Waals surface area (Å²) in [5, 5.41) is 9.63. The summed E-state index contributed by atoms with van der Waals surface area (Å²) in [6.45, 7) is 5.12. The maximum absolute atomic E-state index is 11.6. The Morgan fingerprint density at radius 1 is 1.44 bits per heavy atom. The molecular weight excluding hydrogens is 246 g/mol. The first-order valence-electron chi connectivity index (χ1n) is 6.28. The minimum atomic E-state index is -0.00244. The van der Waals surface area contributed by atoms with Crippen LogP contribution in [0.5, 0.6) is 0 Å². The van der Waals surface area contributed by atoms with Crippen molar-refractivity contribution < 1.29 is 4.79 Å². The van der Waals surface area contributed by atoms with E-state index < -0.39 is 0 Å². The maximum Gasteiger partial charge on any atom is 0.237 e. The van der Waals surface area contributed by atoms with Crippen LogP contribution in [-0.4, -0.2) is 30.8 Å². The Hall–Kier alpha value is -1.20. The van der Waals surface area contributed by atoms with E-state index >= 15 is 0 Å². The summed E-state index contributed by atoms with van der Waals surface area (Å²) in [5.41, 5.74) is 2.01. The van der Waals surface area contributed by atoms with Crippen LogP contribution >= 0.6 is 11.8 Å². The normalized spacial score (nSPS) is 22.9. The summed E-state index contributed by atoms with van der Waals surface area (Å²) in [6.07, 6.45) is 0. The monoisotopic (exact) mass is 263 g/mol. The van der Waals surface area contributed by atoms with Crippen molar-refractivity contribution in [2.75, 3.05) is 30.3 Å². The van der Waals surface area contributed by atoms with Gasteiger partial charge in [-0.05, 0) is 25.1 Å². The Labute approximate surface area is 111 Å². The van der Waals surface area contributed by atoms with Gasteiger partial charge >= 0.3 is 0 Å². The molecule has 5 heteroatoms. The van der Waals surface area contributed by atoms with E-state index in [9.17, 15) is 4.79 Å². The minimum absolute atomic E-state index is 0.00244. The molecule has 4 nitrogen and oxygen atoms in total. The van der Waals surface area contributed by atoms with Gasteiger partial charge in [0.05, 0.1) is 10.9 Å². The van der Waals surface area contributed by atoms with E-state index in [1.54, 1.807) is 11.8 Å². The van der Waals surface area contributed by atoms with Gasteiger partial charge in [-0.2, -0.15) is 0 Å². The summed E-state index contributed by atoms with van der Waals surface area (Å²) < 4.78 is 0. The number of carbonyl (C=O) groups excluding carboxylic acids is 1. The number of carbonyl (C=O) groups is 1. The van der Waals surface area contributed by atoms with Crippen molar-refractivity contribution in [3.05, 3.63) is 18.2 Å². The summed E-state index contributed by atoms with van der Waals surface area (Å²) in [7, 11) is 0. The molecule has 3 N–H and O–H groups in total. The van der Waals surface area contributed by atoms with Crippen LogP contribution in [0.2, 0.25) is 0 Å². The van der Waals surface area contributed by atoms with Gasteiger partial charge in [0.1, 0.15) is 0 Å². The molecule has 1 amide bonds. The van der Waals surface area contributed by atoms with Crippen LogP contribution in [0.1, 0.15) is 6.92 Å². The second-order valence-electron chi connectivity index (χ2n) is 4.87. The lowest BCUT2D eigenvalue weighted by Crippen LogP contribution is -2.45. The quantitative estimate of drug-likeness (QED) is 0.777. The van der Waals surface area contributed by atoms with Crippen LogP contribution < -0.4 is 16.0 Å². The van der Waals surface area contributed by atoms with Crippen molar-refractivity contribution in [3.8, 4) is 0 Å². The fraction of sp³-hybridized carbons (Fsp3) is 0.462. The van der Waals surface area contributed by atoms with E-state index in [0.717, 1.165) is 41.8 Å². The highest BCUT2D eigenvalue weighted by Crippen LogP contribution is 2.36. The van der Waals surface area contributed by atoms with Gasteiger partial charge in [-0.3, -0.25) is 4.79 Å². The Balaban J connectivity index is 1.70. The van der Waals surface area contributed by atoms with Gasteiger partial charge in [-0.1, -0.05) is 0 Å². The number of thioether (sulfide) groups is 1. The second-order valence-corrected chi connectivity index (χ2v) is 6.25. The molecular formula is C13H17N3OS.